The van der Waals surface area contributed by atoms with Crippen LogP contribution in [0.15, 0.2) is 6.07 Å². The van der Waals surface area contributed by atoms with Gasteiger partial charge in [-0.3, -0.25) is 0 Å². The van der Waals surface area contributed by atoms with Gasteiger partial charge in [-0.2, -0.15) is 5.10 Å². The van der Waals surface area contributed by atoms with Crippen LogP contribution in [0.3, 0.4) is 0 Å². The number of nitrogens with zero attached hydrogens (tertiary/aromatic N) is 2. The average molecular weight is 254 g/mol. The van der Waals surface area contributed by atoms with E-state index in [1.165, 1.54) is 10.7 Å². The predicted octanol–water partition coefficient (Wildman–Crippen LogP) is -0.951. The zero-order valence-corrected chi connectivity index (χ0v) is 10.1. The molecule has 0 saturated carbocycles. The zero-order valence-electron chi connectivity index (χ0n) is 10.1. The van der Waals surface area contributed by atoms with Crippen LogP contribution in [-0.2, 0) is 9.47 Å². The van der Waals surface area contributed by atoms with E-state index in [1.54, 1.807) is 6.92 Å². The Hall–Kier alpha value is -1.38. The fourth-order valence-electron chi connectivity index (χ4n) is 1.89. The van der Waals surface area contributed by atoms with E-state index in [-0.39, 0.29) is 24.1 Å². The summed E-state index contributed by atoms with van der Waals surface area (Å²) < 4.78 is 11.6. The maximum atomic E-state index is 11.5. The highest BCUT2D eigenvalue weighted by molar-refractivity contribution is 6.57. The molecule has 2 N–H and O–H groups in total. The normalized spacial score (nSPS) is 18.9. The molecule has 0 aliphatic carbocycles. The molecule has 0 bridgehead atoms. The molecule has 0 radical (unpaired) electrons. The van der Waals surface area contributed by atoms with Gasteiger partial charge in [0.25, 0.3) is 0 Å². The minimum Gasteiger partial charge on any atom is -0.461 e. The molecule has 1 aliphatic rings. The van der Waals surface area contributed by atoms with Gasteiger partial charge in [0.2, 0.25) is 0 Å². The van der Waals surface area contributed by atoms with E-state index in [9.17, 15) is 14.8 Å². The van der Waals surface area contributed by atoms with Gasteiger partial charge in [0.15, 0.2) is 5.69 Å². The highest BCUT2D eigenvalue weighted by Gasteiger charge is 2.28. The van der Waals surface area contributed by atoms with Gasteiger partial charge in [0.05, 0.1) is 12.2 Å². The fraction of sp³-hybridized carbons (Fsp3) is 0.600. The van der Waals surface area contributed by atoms with Crippen LogP contribution < -0.4 is 5.59 Å². The molecule has 0 spiro atoms. The van der Waals surface area contributed by atoms with Crippen LogP contribution in [0, 0.1) is 0 Å². The molecule has 7 nitrogen and oxygen atoms in total. The van der Waals surface area contributed by atoms with Crippen molar-refractivity contribution < 1.29 is 24.3 Å². The third-order valence-electron chi connectivity index (χ3n) is 2.69. The summed E-state index contributed by atoms with van der Waals surface area (Å²) in [5, 5.41) is 22.6. The molecule has 18 heavy (non-hydrogen) atoms. The lowest BCUT2D eigenvalue weighted by Crippen LogP contribution is -2.38. The summed E-state index contributed by atoms with van der Waals surface area (Å²) in [5.74, 6) is -0.587. The molecule has 1 aromatic heterocycles. The molecule has 1 saturated heterocycles. The highest BCUT2D eigenvalue weighted by atomic mass is 16.5. The molecule has 1 atom stereocenters. The van der Waals surface area contributed by atoms with Crippen LogP contribution in [-0.4, -0.2) is 46.1 Å². The van der Waals surface area contributed by atoms with E-state index >= 15 is 0 Å². The van der Waals surface area contributed by atoms with Gasteiger partial charge in [-0.15, -0.1) is 0 Å². The molecule has 0 amide bonds. The van der Waals surface area contributed by atoms with E-state index in [0.29, 0.717) is 6.61 Å². The summed E-state index contributed by atoms with van der Waals surface area (Å²) in [6.07, 6.45) is 1.24. The molecular weight excluding hydrogens is 239 g/mol. The Morgan fingerprint density at radius 2 is 2.50 bits per heavy atom. The van der Waals surface area contributed by atoms with Crippen LogP contribution in [0.25, 0.3) is 0 Å². The summed E-state index contributed by atoms with van der Waals surface area (Å²) in [5.41, 5.74) is 0.181. The van der Waals surface area contributed by atoms with Crippen LogP contribution >= 0.6 is 0 Å². The van der Waals surface area contributed by atoms with Crippen LogP contribution in [0.2, 0.25) is 0 Å². The van der Waals surface area contributed by atoms with Gasteiger partial charge >= 0.3 is 13.1 Å². The Morgan fingerprint density at radius 1 is 1.72 bits per heavy atom. The number of hydrogen-bond acceptors (Lipinski definition) is 6. The Kier molecular flexibility index (Phi) is 4.00. The van der Waals surface area contributed by atoms with E-state index in [4.69, 9.17) is 9.47 Å². The zero-order chi connectivity index (χ0) is 13.1. The van der Waals surface area contributed by atoms with Crippen molar-refractivity contribution in [3.8, 4) is 0 Å². The van der Waals surface area contributed by atoms with Crippen molar-refractivity contribution in [2.45, 2.75) is 26.0 Å². The van der Waals surface area contributed by atoms with Crippen molar-refractivity contribution in [2.24, 2.45) is 0 Å². The largest absolute Gasteiger partial charge is 0.507 e. The van der Waals surface area contributed by atoms with E-state index in [1.807, 2.05) is 0 Å². The quantitative estimate of drug-likeness (QED) is 0.531. The maximum absolute atomic E-state index is 11.5. The maximum Gasteiger partial charge on any atom is 0.507 e. The second kappa shape index (κ2) is 5.51. The summed E-state index contributed by atoms with van der Waals surface area (Å²) in [6, 6.07) is 1.31. The number of carbonyl (C=O) groups excluding carboxylic acids is 1. The molecule has 1 fully saturated rings. The Labute approximate surface area is 104 Å². The lowest BCUT2D eigenvalue weighted by Gasteiger charge is -2.13. The Morgan fingerprint density at radius 3 is 3.06 bits per heavy atom. The minimum atomic E-state index is -1.70. The number of esters is 1. The van der Waals surface area contributed by atoms with E-state index < -0.39 is 13.1 Å². The summed E-state index contributed by atoms with van der Waals surface area (Å²) in [4.78, 5) is 11.5. The Bertz CT molecular complexity index is 428. The van der Waals surface area contributed by atoms with E-state index in [0.717, 1.165) is 12.8 Å². The molecule has 8 heteroatoms. The third kappa shape index (κ3) is 2.55. The summed E-state index contributed by atoms with van der Waals surface area (Å²) in [6.45, 7) is 2.53. The first-order chi connectivity index (χ1) is 8.63. The van der Waals surface area contributed by atoms with Crippen LogP contribution in [0.5, 0.6) is 0 Å². The smallest absolute Gasteiger partial charge is 0.461 e. The topological polar surface area (TPSA) is 93.8 Å². The highest BCUT2D eigenvalue weighted by Crippen LogP contribution is 2.21. The van der Waals surface area contributed by atoms with Gasteiger partial charge < -0.3 is 19.5 Å². The van der Waals surface area contributed by atoms with Gasteiger partial charge in [0.1, 0.15) is 6.23 Å². The number of ether oxygens (including phenoxy) is 2. The van der Waals surface area contributed by atoms with Crippen molar-refractivity contribution in [1.29, 1.82) is 0 Å². The van der Waals surface area contributed by atoms with Crippen molar-refractivity contribution in [3.63, 3.8) is 0 Å². The second-order valence-corrected chi connectivity index (χ2v) is 3.96. The lowest BCUT2D eigenvalue weighted by atomic mass is 9.85. The molecule has 2 heterocycles. The van der Waals surface area contributed by atoms with Crippen LogP contribution in [0.4, 0.5) is 0 Å². The monoisotopic (exact) mass is 254 g/mol. The predicted molar refractivity (Wildman–Crippen MR) is 62.2 cm³/mol. The van der Waals surface area contributed by atoms with Gasteiger partial charge in [-0.1, -0.05) is 0 Å². The molecule has 0 aromatic carbocycles. The first-order valence-corrected chi connectivity index (χ1v) is 5.87. The summed E-state index contributed by atoms with van der Waals surface area (Å²) in [7, 11) is -1.70. The molecular formula is C10H15BN2O5. The van der Waals surface area contributed by atoms with Gasteiger partial charge in [-0.25, -0.2) is 9.48 Å². The van der Waals surface area contributed by atoms with Crippen molar-refractivity contribution >= 4 is 18.7 Å². The lowest BCUT2D eigenvalue weighted by molar-refractivity contribution is 0.0447. The average Bonchev–Trinajstić information content (AvgIpc) is 2.98. The Balaban J connectivity index is 2.29. The minimum absolute atomic E-state index is 0.0513. The molecule has 1 unspecified atom stereocenters. The molecule has 1 aromatic rings. The number of rotatable bonds is 4. The van der Waals surface area contributed by atoms with Crippen molar-refractivity contribution in [1.82, 2.24) is 9.78 Å². The first-order valence-electron chi connectivity index (χ1n) is 5.87. The molecule has 98 valence electrons. The SMILES string of the molecule is CCOC(=O)c1cc(B(O)O)n(C2CCCO2)n1. The number of aromatic nitrogens is 2. The first kappa shape index (κ1) is 13.1. The van der Waals surface area contributed by atoms with Crippen LogP contribution in [0.1, 0.15) is 36.5 Å². The molecule has 1 aliphatic heterocycles. The van der Waals surface area contributed by atoms with E-state index in [2.05, 4.69) is 5.10 Å². The van der Waals surface area contributed by atoms with Crippen molar-refractivity contribution in [2.75, 3.05) is 13.2 Å². The fourth-order valence-corrected chi connectivity index (χ4v) is 1.89. The number of carbonyl (C=O) groups is 1. The third-order valence-corrected chi connectivity index (χ3v) is 2.69. The number of hydrogen-bond donors (Lipinski definition) is 2. The van der Waals surface area contributed by atoms with Gasteiger partial charge in [-0.05, 0) is 25.8 Å². The van der Waals surface area contributed by atoms with Crippen molar-refractivity contribution in [3.05, 3.63) is 11.8 Å². The second-order valence-electron chi connectivity index (χ2n) is 3.96. The standard InChI is InChI=1S/C10H15BN2O5/c1-2-17-10(14)7-6-8(11(15)16)13(12-7)9-4-3-5-18-9/h6,9,15-16H,2-5H2,1H3. The summed E-state index contributed by atoms with van der Waals surface area (Å²) >= 11 is 0. The molecule has 2 rings (SSSR count). The van der Waals surface area contributed by atoms with Gasteiger partial charge in [0, 0.05) is 6.61 Å².